The second-order valence-electron chi connectivity index (χ2n) is 3.91. The molecule has 0 saturated carbocycles. The molecule has 1 heterocycles. The number of aromatic nitrogens is 2. The minimum Gasteiger partial charge on any atom is -0.394 e. The van der Waals surface area contributed by atoms with Crippen molar-refractivity contribution in [2.24, 2.45) is 0 Å². The zero-order chi connectivity index (χ0) is 12.1. The number of fused-ring (bicyclic) bond motifs is 1. The van der Waals surface area contributed by atoms with Crippen LogP contribution in [0.5, 0.6) is 0 Å². The summed E-state index contributed by atoms with van der Waals surface area (Å²) >= 11 is 1.78. The summed E-state index contributed by atoms with van der Waals surface area (Å²) in [5.41, 5.74) is 1.95. The van der Waals surface area contributed by atoms with Gasteiger partial charge in [-0.25, -0.2) is 4.98 Å². The fourth-order valence-electron chi connectivity index (χ4n) is 1.68. The lowest BCUT2D eigenvalue weighted by Crippen LogP contribution is -2.25. The van der Waals surface area contributed by atoms with E-state index in [1.54, 1.807) is 11.8 Å². The first-order valence-corrected chi connectivity index (χ1v) is 7.04. The van der Waals surface area contributed by atoms with Gasteiger partial charge in [0.2, 0.25) is 5.95 Å². The van der Waals surface area contributed by atoms with Gasteiger partial charge in [0.1, 0.15) is 0 Å². The van der Waals surface area contributed by atoms with E-state index in [1.807, 2.05) is 24.3 Å². The van der Waals surface area contributed by atoms with Gasteiger partial charge in [-0.3, -0.25) is 0 Å². The fourth-order valence-corrected chi connectivity index (χ4v) is 2.20. The van der Waals surface area contributed by atoms with Crippen LogP contribution in [0.1, 0.15) is 6.42 Å². The third-order valence-corrected chi connectivity index (χ3v) is 3.26. The Kier molecular flexibility index (Phi) is 4.28. The molecule has 0 spiro atoms. The van der Waals surface area contributed by atoms with Crippen molar-refractivity contribution in [1.82, 2.24) is 9.97 Å². The lowest BCUT2D eigenvalue weighted by molar-refractivity contribution is 0.272. The number of rotatable bonds is 6. The number of hydrogen-bond donors (Lipinski definition) is 3. The second kappa shape index (κ2) is 5.93. The molecule has 0 radical (unpaired) electrons. The van der Waals surface area contributed by atoms with E-state index < -0.39 is 0 Å². The van der Waals surface area contributed by atoms with Gasteiger partial charge in [0.15, 0.2) is 0 Å². The number of thioether (sulfide) groups is 1. The van der Waals surface area contributed by atoms with Crippen LogP contribution in [-0.4, -0.2) is 39.7 Å². The predicted octanol–water partition coefficient (Wildman–Crippen LogP) is 2.09. The number of hydrogen-bond acceptors (Lipinski definition) is 4. The van der Waals surface area contributed by atoms with E-state index in [0.717, 1.165) is 29.2 Å². The van der Waals surface area contributed by atoms with Crippen molar-refractivity contribution in [2.45, 2.75) is 12.5 Å². The van der Waals surface area contributed by atoms with Gasteiger partial charge in [-0.05, 0) is 30.6 Å². The predicted molar refractivity (Wildman–Crippen MR) is 73.6 cm³/mol. The Morgan fingerprint density at radius 3 is 3.00 bits per heavy atom. The monoisotopic (exact) mass is 251 g/mol. The van der Waals surface area contributed by atoms with Crippen LogP contribution in [0, 0.1) is 0 Å². The molecule has 0 fully saturated rings. The minimum atomic E-state index is 0.0583. The highest BCUT2D eigenvalue weighted by Gasteiger charge is 2.09. The van der Waals surface area contributed by atoms with Crippen molar-refractivity contribution < 1.29 is 5.11 Å². The van der Waals surface area contributed by atoms with E-state index in [-0.39, 0.29) is 12.6 Å². The Labute approximate surface area is 105 Å². The highest BCUT2D eigenvalue weighted by molar-refractivity contribution is 7.98. The van der Waals surface area contributed by atoms with Gasteiger partial charge < -0.3 is 15.4 Å². The number of aliphatic hydroxyl groups is 1. The topological polar surface area (TPSA) is 60.9 Å². The molecule has 0 bridgehead atoms. The molecule has 1 aromatic carbocycles. The number of benzene rings is 1. The first kappa shape index (κ1) is 12.3. The molecule has 0 aliphatic carbocycles. The largest absolute Gasteiger partial charge is 0.394 e. The molecular weight excluding hydrogens is 234 g/mol. The SMILES string of the molecule is CSCCC(CO)Nc1nc2ccccc2[nH]1. The van der Waals surface area contributed by atoms with Crippen molar-refractivity contribution in [3.05, 3.63) is 24.3 Å². The number of imidazole rings is 1. The Morgan fingerprint density at radius 1 is 1.47 bits per heavy atom. The van der Waals surface area contributed by atoms with Gasteiger partial charge >= 0.3 is 0 Å². The molecule has 2 aromatic rings. The number of para-hydroxylation sites is 2. The van der Waals surface area contributed by atoms with Gasteiger partial charge in [-0.2, -0.15) is 11.8 Å². The maximum atomic E-state index is 9.28. The first-order chi connectivity index (χ1) is 8.33. The van der Waals surface area contributed by atoms with Crippen molar-refractivity contribution in [2.75, 3.05) is 23.9 Å². The standard InChI is InChI=1S/C12H17N3OS/c1-17-7-6-9(8-16)13-12-14-10-4-2-3-5-11(10)15-12/h2-5,9,16H,6-8H2,1H3,(H2,13,14,15). The highest BCUT2D eigenvalue weighted by Crippen LogP contribution is 2.14. The van der Waals surface area contributed by atoms with Crippen LogP contribution >= 0.6 is 11.8 Å². The molecule has 92 valence electrons. The first-order valence-electron chi connectivity index (χ1n) is 5.64. The van der Waals surface area contributed by atoms with Gasteiger partial charge in [-0.1, -0.05) is 12.1 Å². The Morgan fingerprint density at radius 2 is 2.29 bits per heavy atom. The molecule has 0 aliphatic heterocycles. The van der Waals surface area contributed by atoms with Crippen molar-refractivity contribution in [3.8, 4) is 0 Å². The molecule has 1 aromatic heterocycles. The maximum absolute atomic E-state index is 9.28. The van der Waals surface area contributed by atoms with Crippen molar-refractivity contribution in [3.63, 3.8) is 0 Å². The lowest BCUT2D eigenvalue weighted by Gasteiger charge is -2.14. The number of anilines is 1. The van der Waals surface area contributed by atoms with Gasteiger partial charge in [0.25, 0.3) is 0 Å². The summed E-state index contributed by atoms with van der Waals surface area (Å²) in [6.07, 6.45) is 2.99. The smallest absolute Gasteiger partial charge is 0.201 e. The summed E-state index contributed by atoms with van der Waals surface area (Å²) in [5, 5.41) is 12.5. The number of nitrogens with zero attached hydrogens (tertiary/aromatic N) is 1. The number of H-pyrrole nitrogens is 1. The summed E-state index contributed by atoms with van der Waals surface area (Å²) in [7, 11) is 0. The van der Waals surface area contributed by atoms with Gasteiger partial charge in [-0.15, -0.1) is 0 Å². The molecule has 2 rings (SSSR count). The molecular formula is C12H17N3OS. The third kappa shape index (κ3) is 3.14. The summed E-state index contributed by atoms with van der Waals surface area (Å²) in [6.45, 7) is 0.123. The van der Waals surface area contributed by atoms with Crippen LogP contribution in [0.3, 0.4) is 0 Å². The van der Waals surface area contributed by atoms with Gasteiger partial charge in [0.05, 0.1) is 23.7 Å². The van der Waals surface area contributed by atoms with E-state index in [1.165, 1.54) is 0 Å². The number of nitrogens with one attached hydrogen (secondary N) is 2. The summed E-state index contributed by atoms with van der Waals surface area (Å²) in [5.74, 6) is 1.75. The zero-order valence-corrected chi connectivity index (χ0v) is 10.6. The average molecular weight is 251 g/mol. The van der Waals surface area contributed by atoms with Crippen LogP contribution in [0.4, 0.5) is 5.95 Å². The second-order valence-corrected chi connectivity index (χ2v) is 4.89. The number of aromatic amines is 1. The molecule has 4 nitrogen and oxygen atoms in total. The van der Waals surface area contributed by atoms with E-state index in [9.17, 15) is 5.11 Å². The minimum absolute atomic E-state index is 0.0583. The third-order valence-electron chi connectivity index (χ3n) is 2.62. The van der Waals surface area contributed by atoms with Crippen LogP contribution < -0.4 is 5.32 Å². The summed E-state index contributed by atoms with van der Waals surface area (Å²) in [6, 6.07) is 7.95. The van der Waals surface area contributed by atoms with Crippen LogP contribution in [0.25, 0.3) is 11.0 Å². The summed E-state index contributed by atoms with van der Waals surface area (Å²) < 4.78 is 0. The quantitative estimate of drug-likeness (QED) is 0.735. The fraction of sp³-hybridized carbons (Fsp3) is 0.417. The molecule has 5 heteroatoms. The van der Waals surface area contributed by atoms with E-state index in [4.69, 9.17) is 0 Å². The molecule has 3 N–H and O–H groups in total. The van der Waals surface area contributed by atoms with E-state index >= 15 is 0 Å². The highest BCUT2D eigenvalue weighted by atomic mass is 32.2. The molecule has 1 unspecified atom stereocenters. The van der Waals surface area contributed by atoms with Gasteiger partial charge in [0, 0.05) is 0 Å². The lowest BCUT2D eigenvalue weighted by atomic mass is 10.2. The van der Waals surface area contributed by atoms with E-state index in [0.29, 0.717) is 0 Å². The average Bonchev–Trinajstić information content (AvgIpc) is 2.76. The Bertz CT molecular complexity index is 438. The van der Waals surface area contributed by atoms with Crippen LogP contribution in [-0.2, 0) is 0 Å². The Hall–Kier alpha value is -1.20. The molecule has 1 atom stereocenters. The molecule has 17 heavy (non-hydrogen) atoms. The summed E-state index contributed by atoms with van der Waals surface area (Å²) in [4.78, 5) is 7.62. The van der Waals surface area contributed by atoms with E-state index in [2.05, 4.69) is 21.5 Å². The maximum Gasteiger partial charge on any atom is 0.201 e. The zero-order valence-electron chi connectivity index (χ0n) is 9.81. The van der Waals surface area contributed by atoms with Crippen molar-refractivity contribution >= 4 is 28.7 Å². The van der Waals surface area contributed by atoms with Crippen molar-refractivity contribution in [1.29, 1.82) is 0 Å². The van der Waals surface area contributed by atoms with Crippen LogP contribution in [0.2, 0.25) is 0 Å². The molecule has 0 saturated heterocycles. The Balaban J connectivity index is 2.06. The normalized spacial score (nSPS) is 12.8. The molecule has 0 aliphatic rings. The number of aliphatic hydroxyl groups excluding tert-OH is 1. The van der Waals surface area contributed by atoms with Crippen LogP contribution in [0.15, 0.2) is 24.3 Å². The molecule has 0 amide bonds.